The first-order valence-electron chi connectivity index (χ1n) is 8.84. The Hall–Kier alpha value is -2.36. The number of aliphatic imine (C=N–C) groups is 1. The van der Waals surface area contributed by atoms with Gasteiger partial charge in [0, 0.05) is 42.6 Å². The van der Waals surface area contributed by atoms with Crippen molar-refractivity contribution in [2.24, 2.45) is 4.99 Å². The van der Waals surface area contributed by atoms with Gasteiger partial charge in [0.1, 0.15) is 27.9 Å². The molecule has 0 aliphatic carbocycles. The second-order valence-corrected chi connectivity index (χ2v) is 9.28. The molecule has 1 saturated heterocycles. The molecule has 0 aromatic heterocycles. The lowest BCUT2D eigenvalue weighted by Crippen LogP contribution is -2.52. The molecule has 4 rings (SSSR count). The predicted octanol–water partition coefficient (Wildman–Crippen LogP) is 2.72. The van der Waals surface area contributed by atoms with Crippen LogP contribution in [0, 0.1) is 11.6 Å². The Balaban J connectivity index is 1.55. The van der Waals surface area contributed by atoms with Gasteiger partial charge in [0.2, 0.25) is 10.0 Å². The molecule has 1 spiro atoms. The Kier molecular flexibility index (Phi) is 4.92. The molecule has 29 heavy (non-hydrogen) atoms. The fourth-order valence-corrected chi connectivity index (χ4v) is 5.23. The van der Waals surface area contributed by atoms with Gasteiger partial charge in [0.25, 0.3) is 5.91 Å². The molecule has 2 aromatic carbocycles. The average molecular weight is 440 g/mol. The minimum absolute atomic E-state index is 0.0335. The van der Waals surface area contributed by atoms with Crippen molar-refractivity contribution in [1.29, 1.82) is 0 Å². The highest BCUT2D eigenvalue weighted by atomic mass is 35.5. The standard InChI is InChI=1S/C19H16ClF2N3O3S/c20-13-3-1-2-12(10-13)17-18(26)24-19(23-17)6-8-25(9-7-19)29(27,28)16-5-4-14(21)11-15(16)22/h1-5,10-11H,6-9H2,(H,24,26). The Morgan fingerprint density at radius 2 is 1.83 bits per heavy atom. The third kappa shape index (κ3) is 3.65. The zero-order valence-electron chi connectivity index (χ0n) is 15.0. The smallest absolute Gasteiger partial charge is 0.272 e. The second kappa shape index (κ2) is 7.16. The van der Waals surface area contributed by atoms with Crippen LogP contribution < -0.4 is 5.32 Å². The van der Waals surface area contributed by atoms with E-state index in [1.54, 1.807) is 24.3 Å². The summed E-state index contributed by atoms with van der Waals surface area (Å²) in [5.74, 6) is -2.34. The van der Waals surface area contributed by atoms with E-state index in [1.807, 2.05) is 0 Å². The molecule has 1 fully saturated rings. The number of piperidine rings is 1. The first-order valence-corrected chi connectivity index (χ1v) is 10.7. The molecule has 0 unspecified atom stereocenters. The van der Waals surface area contributed by atoms with Gasteiger partial charge < -0.3 is 5.32 Å². The minimum atomic E-state index is -4.13. The summed E-state index contributed by atoms with van der Waals surface area (Å²) in [6.07, 6.45) is 0.454. The number of hydrogen-bond donors (Lipinski definition) is 1. The first-order chi connectivity index (χ1) is 13.7. The number of nitrogens with zero attached hydrogens (tertiary/aromatic N) is 2. The topological polar surface area (TPSA) is 78.8 Å². The first kappa shape index (κ1) is 19.9. The van der Waals surface area contributed by atoms with E-state index < -0.39 is 32.2 Å². The lowest BCUT2D eigenvalue weighted by atomic mass is 10.00. The number of carbonyl (C=O) groups excluding carboxylic acids is 1. The van der Waals surface area contributed by atoms with Gasteiger partial charge in [-0.25, -0.2) is 17.2 Å². The summed E-state index contributed by atoms with van der Waals surface area (Å²) in [6.45, 7) is 0.0670. The van der Waals surface area contributed by atoms with E-state index in [4.69, 9.17) is 11.6 Å². The molecule has 2 aliphatic heterocycles. The molecule has 2 heterocycles. The number of rotatable bonds is 3. The third-order valence-corrected chi connectivity index (χ3v) is 7.21. The van der Waals surface area contributed by atoms with Crippen LogP contribution in [-0.2, 0) is 14.8 Å². The van der Waals surface area contributed by atoms with Crippen LogP contribution in [0.1, 0.15) is 18.4 Å². The van der Waals surface area contributed by atoms with Crippen molar-refractivity contribution >= 4 is 33.2 Å². The van der Waals surface area contributed by atoms with Crippen LogP contribution in [0.4, 0.5) is 8.78 Å². The molecule has 2 aliphatic rings. The average Bonchev–Trinajstić information content (AvgIpc) is 2.97. The van der Waals surface area contributed by atoms with Gasteiger partial charge in [-0.15, -0.1) is 0 Å². The molecular formula is C19H16ClF2N3O3S. The number of halogens is 3. The van der Waals surface area contributed by atoms with Crippen molar-refractivity contribution in [1.82, 2.24) is 9.62 Å². The highest BCUT2D eigenvalue weighted by Crippen LogP contribution is 2.32. The van der Waals surface area contributed by atoms with Crippen LogP contribution in [0.25, 0.3) is 0 Å². The van der Waals surface area contributed by atoms with Crippen molar-refractivity contribution in [2.75, 3.05) is 13.1 Å². The fraction of sp³-hybridized carbons (Fsp3) is 0.263. The number of amides is 1. The maximum atomic E-state index is 14.0. The quantitative estimate of drug-likeness (QED) is 0.798. The van der Waals surface area contributed by atoms with Crippen molar-refractivity contribution in [3.8, 4) is 0 Å². The van der Waals surface area contributed by atoms with Gasteiger partial charge in [-0.05, 0) is 24.3 Å². The summed E-state index contributed by atoms with van der Waals surface area (Å²) in [5, 5.41) is 3.31. The van der Waals surface area contributed by atoms with Crippen LogP contribution in [0.5, 0.6) is 0 Å². The molecule has 0 saturated carbocycles. The summed E-state index contributed by atoms with van der Waals surface area (Å²) in [5.41, 5.74) is -0.0917. The van der Waals surface area contributed by atoms with Crippen molar-refractivity contribution in [3.63, 3.8) is 0 Å². The SMILES string of the molecule is O=C1NC2(CCN(S(=O)(=O)c3ccc(F)cc3F)CC2)N=C1c1cccc(Cl)c1. The molecular weight excluding hydrogens is 424 g/mol. The minimum Gasteiger partial charge on any atom is -0.326 e. The van der Waals surface area contributed by atoms with Crippen molar-refractivity contribution < 1.29 is 22.0 Å². The lowest BCUT2D eigenvalue weighted by molar-refractivity contribution is -0.115. The summed E-state index contributed by atoms with van der Waals surface area (Å²) in [7, 11) is -4.13. The highest BCUT2D eigenvalue weighted by molar-refractivity contribution is 7.89. The molecule has 0 bridgehead atoms. The van der Waals surface area contributed by atoms with Crippen LogP contribution in [0.15, 0.2) is 52.4 Å². The van der Waals surface area contributed by atoms with Crippen LogP contribution in [-0.4, -0.2) is 43.1 Å². The van der Waals surface area contributed by atoms with E-state index in [1.165, 1.54) is 0 Å². The van der Waals surface area contributed by atoms with E-state index in [-0.39, 0.29) is 37.6 Å². The lowest BCUT2D eigenvalue weighted by Gasteiger charge is -2.36. The van der Waals surface area contributed by atoms with Crippen LogP contribution in [0.3, 0.4) is 0 Å². The Labute approximate surface area is 171 Å². The molecule has 2 aromatic rings. The van der Waals surface area contributed by atoms with Gasteiger partial charge in [0.15, 0.2) is 0 Å². The molecule has 0 atom stereocenters. The van der Waals surface area contributed by atoms with E-state index in [9.17, 15) is 22.0 Å². The number of sulfonamides is 1. The van der Waals surface area contributed by atoms with E-state index in [0.29, 0.717) is 16.7 Å². The number of nitrogens with one attached hydrogen (secondary N) is 1. The summed E-state index contributed by atoms with van der Waals surface area (Å²) in [4.78, 5) is 16.4. The Bertz CT molecular complexity index is 1130. The number of carbonyl (C=O) groups is 1. The highest BCUT2D eigenvalue weighted by Gasteiger charge is 2.44. The van der Waals surface area contributed by atoms with Crippen molar-refractivity contribution in [3.05, 3.63) is 64.7 Å². The number of hydrogen-bond acceptors (Lipinski definition) is 4. The summed E-state index contributed by atoms with van der Waals surface area (Å²) >= 11 is 5.98. The Morgan fingerprint density at radius 3 is 2.48 bits per heavy atom. The molecule has 0 radical (unpaired) electrons. The monoisotopic (exact) mass is 439 g/mol. The van der Waals surface area contributed by atoms with Crippen LogP contribution >= 0.6 is 11.6 Å². The predicted molar refractivity (Wildman–Crippen MR) is 103 cm³/mol. The summed E-state index contributed by atoms with van der Waals surface area (Å²) in [6, 6.07) is 9.11. The normalized spacial score (nSPS) is 19.3. The zero-order chi connectivity index (χ0) is 20.8. The second-order valence-electron chi connectivity index (χ2n) is 6.94. The van der Waals surface area contributed by atoms with Crippen molar-refractivity contribution in [2.45, 2.75) is 23.4 Å². The molecule has 1 N–H and O–H groups in total. The van der Waals surface area contributed by atoms with Gasteiger partial charge in [-0.2, -0.15) is 4.31 Å². The summed E-state index contributed by atoms with van der Waals surface area (Å²) < 4.78 is 53.7. The largest absolute Gasteiger partial charge is 0.326 e. The molecule has 152 valence electrons. The Morgan fingerprint density at radius 1 is 1.10 bits per heavy atom. The third-order valence-electron chi connectivity index (χ3n) is 5.05. The van der Waals surface area contributed by atoms with E-state index in [0.717, 1.165) is 16.4 Å². The molecule has 1 amide bonds. The number of benzene rings is 2. The van der Waals surface area contributed by atoms with E-state index in [2.05, 4.69) is 10.3 Å². The maximum absolute atomic E-state index is 14.0. The van der Waals surface area contributed by atoms with E-state index >= 15 is 0 Å². The van der Waals surface area contributed by atoms with Gasteiger partial charge >= 0.3 is 0 Å². The van der Waals surface area contributed by atoms with Crippen LogP contribution in [0.2, 0.25) is 5.02 Å². The zero-order valence-corrected chi connectivity index (χ0v) is 16.6. The van der Waals surface area contributed by atoms with Gasteiger partial charge in [-0.3, -0.25) is 9.79 Å². The maximum Gasteiger partial charge on any atom is 0.272 e. The molecule has 10 heteroatoms. The molecule has 6 nitrogen and oxygen atoms in total. The van der Waals surface area contributed by atoms with Gasteiger partial charge in [-0.1, -0.05) is 23.7 Å². The van der Waals surface area contributed by atoms with Gasteiger partial charge in [0.05, 0.1) is 0 Å². The fourth-order valence-electron chi connectivity index (χ4n) is 3.55.